The van der Waals surface area contributed by atoms with Gasteiger partial charge in [-0.1, -0.05) is 0 Å². The van der Waals surface area contributed by atoms with Crippen molar-refractivity contribution in [3.8, 4) is 0 Å². The minimum Gasteiger partial charge on any atom is -0.265 e. The number of aromatic nitrogens is 6. The van der Waals surface area contributed by atoms with E-state index in [0.717, 1.165) is 11.4 Å². The largest absolute Gasteiger partial charge is 0.265 e. The third-order valence-corrected chi connectivity index (χ3v) is 2.52. The zero-order valence-electron chi connectivity index (χ0n) is 8.54. The second kappa shape index (κ2) is 3.15. The minimum atomic E-state index is 0.520. The highest BCUT2D eigenvalue weighted by Crippen LogP contribution is 2.34. The average Bonchev–Trinajstić information content (AvgIpc) is 2.83. The first kappa shape index (κ1) is 8.58. The van der Waals surface area contributed by atoms with E-state index in [-0.39, 0.29) is 0 Å². The van der Waals surface area contributed by atoms with Crippen molar-refractivity contribution in [3.05, 3.63) is 23.8 Å². The summed E-state index contributed by atoms with van der Waals surface area (Å²) in [6.45, 7) is 2.67. The highest BCUT2D eigenvalue weighted by Gasteiger charge is 2.27. The first-order chi connectivity index (χ1) is 7.33. The van der Waals surface area contributed by atoms with Gasteiger partial charge in [0.05, 0.1) is 12.2 Å². The Bertz CT molecular complexity index is 466. The number of hydrogen-bond donors (Lipinski definition) is 0. The highest BCUT2D eigenvalue weighted by molar-refractivity contribution is 5.01. The van der Waals surface area contributed by atoms with E-state index < -0.39 is 0 Å². The summed E-state index contributed by atoms with van der Waals surface area (Å²) in [5.74, 6) is 0.889. The van der Waals surface area contributed by atoms with Crippen LogP contribution in [0.4, 0.5) is 0 Å². The molecule has 1 saturated carbocycles. The standard InChI is InChI=1S/C9H12N6/c1-7-4-10-14(5-7)6-9-11-12-13-15(9)8-2-3-8/h4-5,8H,2-3,6H2,1H3. The summed E-state index contributed by atoms with van der Waals surface area (Å²) in [6.07, 6.45) is 6.21. The first-order valence-electron chi connectivity index (χ1n) is 5.09. The van der Waals surface area contributed by atoms with Gasteiger partial charge in [0.1, 0.15) is 6.54 Å². The summed E-state index contributed by atoms with van der Waals surface area (Å²) < 4.78 is 3.77. The van der Waals surface area contributed by atoms with E-state index in [9.17, 15) is 0 Å². The number of hydrogen-bond acceptors (Lipinski definition) is 4. The number of rotatable bonds is 3. The van der Waals surface area contributed by atoms with Gasteiger partial charge in [-0.3, -0.25) is 4.68 Å². The molecule has 0 bridgehead atoms. The fourth-order valence-corrected chi connectivity index (χ4v) is 1.62. The van der Waals surface area contributed by atoms with Crippen LogP contribution < -0.4 is 0 Å². The van der Waals surface area contributed by atoms with Crippen molar-refractivity contribution in [1.29, 1.82) is 0 Å². The van der Waals surface area contributed by atoms with Crippen LogP contribution in [0.3, 0.4) is 0 Å². The van der Waals surface area contributed by atoms with Crippen molar-refractivity contribution < 1.29 is 0 Å². The zero-order valence-corrected chi connectivity index (χ0v) is 8.54. The second-order valence-electron chi connectivity index (χ2n) is 3.99. The molecule has 3 rings (SSSR count). The molecule has 0 spiro atoms. The van der Waals surface area contributed by atoms with Crippen LogP contribution in [0.15, 0.2) is 12.4 Å². The highest BCUT2D eigenvalue weighted by atomic mass is 15.6. The predicted molar refractivity (Wildman–Crippen MR) is 52.2 cm³/mol. The fraction of sp³-hybridized carbons (Fsp3) is 0.556. The van der Waals surface area contributed by atoms with Crippen LogP contribution in [0, 0.1) is 6.92 Å². The molecular weight excluding hydrogens is 192 g/mol. The maximum Gasteiger partial charge on any atom is 0.173 e. The molecule has 0 aliphatic heterocycles. The van der Waals surface area contributed by atoms with E-state index in [2.05, 4.69) is 20.6 Å². The molecule has 0 unspecified atom stereocenters. The molecule has 2 heterocycles. The smallest absolute Gasteiger partial charge is 0.173 e. The van der Waals surface area contributed by atoms with Gasteiger partial charge < -0.3 is 0 Å². The molecule has 1 aliphatic rings. The Morgan fingerprint density at radius 1 is 1.47 bits per heavy atom. The van der Waals surface area contributed by atoms with Gasteiger partial charge in [-0.25, -0.2) is 4.68 Å². The van der Waals surface area contributed by atoms with E-state index >= 15 is 0 Å². The van der Waals surface area contributed by atoms with Crippen LogP contribution in [-0.4, -0.2) is 30.0 Å². The lowest BCUT2D eigenvalue weighted by atomic mass is 10.4. The van der Waals surface area contributed by atoms with Gasteiger partial charge in [-0.05, 0) is 35.8 Å². The Kier molecular flexibility index (Phi) is 1.80. The van der Waals surface area contributed by atoms with Crippen molar-refractivity contribution >= 4 is 0 Å². The maximum atomic E-state index is 4.22. The molecule has 0 saturated heterocycles. The summed E-state index contributed by atoms with van der Waals surface area (Å²) in [4.78, 5) is 0. The molecule has 0 amide bonds. The predicted octanol–water partition coefficient (Wildman–Crippen LogP) is 0.561. The van der Waals surface area contributed by atoms with Crippen LogP contribution >= 0.6 is 0 Å². The molecule has 78 valence electrons. The van der Waals surface area contributed by atoms with Gasteiger partial charge in [0.2, 0.25) is 0 Å². The molecule has 6 nitrogen and oxygen atoms in total. The van der Waals surface area contributed by atoms with Gasteiger partial charge in [0.15, 0.2) is 5.82 Å². The molecule has 6 heteroatoms. The Labute approximate surface area is 86.9 Å². The molecule has 15 heavy (non-hydrogen) atoms. The molecule has 2 aromatic rings. The molecule has 0 radical (unpaired) electrons. The number of aryl methyl sites for hydroxylation is 1. The lowest BCUT2D eigenvalue weighted by Crippen LogP contribution is -2.09. The SMILES string of the molecule is Cc1cnn(Cc2nnnn2C2CC2)c1. The van der Waals surface area contributed by atoms with Crippen molar-refractivity contribution in [1.82, 2.24) is 30.0 Å². The monoisotopic (exact) mass is 204 g/mol. The molecule has 0 aromatic carbocycles. The zero-order chi connectivity index (χ0) is 10.3. The topological polar surface area (TPSA) is 61.4 Å². The van der Waals surface area contributed by atoms with Crippen LogP contribution in [-0.2, 0) is 6.54 Å². The summed E-state index contributed by atoms with van der Waals surface area (Å²) in [5, 5.41) is 15.9. The van der Waals surface area contributed by atoms with Gasteiger partial charge >= 0.3 is 0 Å². The summed E-state index contributed by atoms with van der Waals surface area (Å²) in [6, 6.07) is 0.520. The molecular formula is C9H12N6. The summed E-state index contributed by atoms with van der Waals surface area (Å²) in [5.41, 5.74) is 1.15. The van der Waals surface area contributed by atoms with Crippen molar-refractivity contribution in [2.45, 2.75) is 32.4 Å². The Morgan fingerprint density at radius 3 is 3.00 bits per heavy atom. The molecule has 2 aromatic heterocycles. The third-order valence-electron chi connectivity index (χ3n) is 2.52. The average molecular weight is 204 g/mol. The van der Waals surface area contributed by atoms with E-state index in [1.165, 1.54) is 12.8 Å². The maximum absolute atomic E-state index is 4.22. The Balaban J connectivity index is 1.84. The quantitative estimate of drug-likeness (QED) is 0.733. The fourth-order valence-electron chi connectivity index (χ4n) is 1.62. The van der Waals surface area contributed by atoms with E-state index in [1.54, 1.807) is 0 Å². The number of nitrogens with zero attached hydrogens (tertiary/aromatic N) is 6. The lowest BCUT2D eigenvalue weighted by Gasteiger charge is -2.01. The second-order valence-corrected chi connectivity index (χ2v) is 3.99. The van der Waals surface area contributed by atoms with Gasteiger partial charge in [0.25, 0.3) is 0 Å². The van der Waals surface area contributed by atoms with Gasteiger partial charge in [0, 0.05) is 6.20 Å². The Morgan fingerprint density at radius 2 is 2.33 bits per heavy atom. The van der Waals surface area contributed by atoms with Crippen molar-refractivity contribution in [3.63, 3.8) is 0 Å². The number of tetrazole rings is 1. The van der Waals surface area contributed by atoms with Gasteiger partial charge in [-0.15, -0.1) is 5.10 Å². The van der Waals surface area contributed by atoms with Crippen LogP contribution in [0.2, 0.25) is 0 Å². The van der Waals surface area contributed by atoms with Crippen LogP contribution in [0.1, 0.15) is 30.3 Å². The van der Waals surface area contributed by atoms with E-state index in [4.69, 9.17) is 0 Å². The summed E-state index contributed by atoms with van der Waals surface area (Å²) in [7, 11) is 0. The normalized spacial score (nSPS) is 15.8. The molecule has 0 N–H and O–H groups in total. The summed E-state index contributed by atoms with van der Waals surface area (Å²) >= 11 is 0. The van der Waals surface area contributed by atoms with Crippen molar-refractivity contribution in [2.75, 3.05) is 0 Å². The first-order valence-corrected chi connectivity index (χ1v) is 5.09. The van der Waals surface area contributed by atoms with Crippen LogP contribution in [0.25, 0.3) is 0 Å². The van der Waals surface area contributed by atoms with E-state index in [0.29, 0.717) is 12.6 Å². The van der Waals surface area contributed by atoms with Crippen LogP contribution in [0.5, 0.6) is 0 Å². The lowest BCUT2D eigenvalue weighted by molar-refractivity contribution is 0.550. The van der Waals surface area contributed by atoms with E-state index in [1.807, 2.05) is 28.7 Å². The molecule has 1 fully saturated rings. The van der Waals surface area contributed by atoms with Gasteiger partial charge in [-0.2, -0.15) is 5.10 Å². The molecule has 0 atom stereocenters. The third kappa shape index (κ3) is 1.62. The molecule has 1 aliphatic carbocycles. The van der Waals surface area contributed by atoms with Crippen molar-refractivity contribution in [2.24, 2.45) is 0 Å². The minimum absolute atomic E-state index is 0.520. The Hall–Kier alpha value is -1.72.